The van der Waals surface area contributed by atoms with Gasteiger partial charge in [-0.1, -0.05) is 6.08 Å². The van der Waals surface area contributed by atoms with E-state index in [2.05, 4.69) is 11.4 Å². The topological polar surface area (TPSA) is 29.1 Å². The molecule has 2 atom stereocenters. The van der Waals surface area contributed by atoms with Gasteiger partial charge in [-0.05, 0) is 12.8 Å². The van der Waals surface area contributed by atoms with Gasteiger partial charge in [0.15, 0.2) is 0 Å². The first-order valence-corrected chi connectivity index (χ1v) is 3.81. The number of rotatable bonds is 1. The molecule has 0 amide bonds. The number of allylic oxidation sites excluding steroid dienone is 2. The van der Waals surface area contributed by atoms with Crippen molar-refractivity contribution in [1.82, 2.24) is 5.32 Å². The van der Waals surface area contributed by atoms with Crippen LogP contribution in [0.5, 0.6) is 0 Å². The Labute approximate surface area is 60.3 Å². The summed E-state index contributed by atoms with van der Waals surface area (Å²) in [7, 11) is 0. The van der Waals surface area contributed by atoms with Gasteiger partial charge in [-0.3, -0.25) is 0 Å². The molecule has 1 aliphatic heterocycles. The molecule has 1 N–H and O–H groups in total. The van der Waals surface area contributed by atoms with E-state index in [1.165, 1.54) is 12.1 Å². The average Bonchev–Trinajstić information content (AvgIpc) is 2.44. The second kappa shape index (κ2) is 2.11. The molecule has 54 valence electrons. The molecule has 1 fully saturated rings. The lowest BCUT2D eigenvalue weighted by Gasteiger charge is -2.06. The van der Waals surface area contributed by atoms with E-state index >= 15 is 0 Å². The number of carbonyl (C=O) groups is 1. The van der Waals surface area contributed by atoms with Gasteiger partial charge in [-0.15, -0.1) is 0 Å². The van der Waals surface area contributed by atoms with Crippen molar-refractivity contribution in [2.75, 3.05) is 6.54 Å². The number of aldehydes is 1. The molecule has 0 saturated carbocycles. The molecule has 10 heavy (non-hydrogen) atoms. The molecule has 0 aromatic carbocycles. The van der Waals surface area contributed by atoms with E-state index in [-0.39, 0.29) is 5.92 Å². The van der Waals surface area contributed by atoms with Crippen molar-refractivity contribution >= 4 is 6.29 Å². The molecule has 2 aliphatic rings. The van der Waals surface area contributed by atoms with Crippen LogP contribution in [0.25, 0.3) is 0 Å². The van der Waals surface area contributed by atoms with E-state index < -0.39 is 0 Å². The summed E-state index contributed by atoms with van der Waals surface area (Å²) in [6.45, 7) is 0.861. The van der Waals surface area contributed by atoms with Crippen molar-refractivity contribution in [3.8, 4) is 0 Å². The minimum atomic E-state index is 0.258. The summed E-state index contributed by atoms with van der Waals surface area (Å²) >= 11 is 0. The van der Waals surface area contributed by atoms with Gasteiger partial charge in [0.25, 0.3) is 0 Å². The molecular formula is C8H11NO. The van der Waals surface area contributed by atoms with Gasteiger partial charge < -0.3 is 10.1 Å². The number of hydrogen-bond donors (Lipinski definition) is 1. The highest BCUT2D eigenvalue weighted by Crippen LogP contribution is 2.33. The van der Waals surface area contributed by atoms with E-state index in [9.17, 15) is 4.79 Å². The quantitative estimate of drug-likeness (QED) is 0.539. The van der Waals surface area contributed by atoms with Crippen LogP contribution in [0.2, 0.25) is 0 Å². The van der Waals surface area contributed by atoms with Crippen LogP contribution in [0.15, 0.2) is 11.8 Å². The van der Waals surface area contributed by atoms with Crippen LogP contribution in [0, 0.1) is 11.8 Å². The van der Waals surface area contributed by atoms with Crippen molar-refractivity contribution in [1.29, 1.82) is 0 Å². The molecule has 2 heteroatoms. The Morgan fingerprint density at radius 3 is 3.40 bits per heavy atom. The third kappa shape index (κ3) is 0.681. The standard InChI is InChI=1S/C8H11NO/c10-5-6-4-9-8-3-1-2-7(6)8/h3,5-7,9H,1-2,4H2/t6?,7-/m1/s1. The van der Waals surface area contributed by atoms with Crippen LogP contribution >= 0.6 is 0 Å². The zero-order chi connectivity index (χ0) is 6.97. The second-order valence-electron chi connectivity index (χ2n) is 3.02. The minimum Gasteiger partial charge on any atom is -0.388 e. The van der Waals surface area contributed by atoms with Crippen molar-refractivity contribution in [2.24, 2.45) is 11.8 Å². The maximum absolute atomic E-state index is 10.5. The molecule has 0 radical (unpaired) electrons. The van der Waals surface area contributed by atoms with E-state index in [0.29, 0.717) is 5.92 Å². The van der Waals surface area contributed by atoms with Gasteiger partial charge >= 0.3 is 0 Å². The molecule has 0 aromatic heterocycles. The molecular weight excluding hydrogens is 126 g/mol. The lowest BCUT2D eigenvalue weighted by Crippen LogP contribution is -2.12. The third-order valence-electron chi connectivity index (χ3n) is 2.47. The highest BCUT2D eigenvalue weighted by Gasteiger charge is 2.32. The maximum Gasteiger partial charge on any atom is 0.125 e. The van der Waals surface area contributed by atoms with Crippen LogP contribution in [0.1, 0.15) is 12.8 Å². The van der Waals surface area contributed by atoms with E-state index in [1.54, 1.807) is 0 Å². The van der Waals surface area contributed by atoms with Crippen LogP contribution in [0.3, 0.4) is 0 Å². The predicted molar refractivity (Wildman–Crippen MR) is 38.4 cm³/mol. The second-order valence-corrected chi connectivity index (χ2v) is 3.02. The first-order valence-electron chi connectivity index (χ1n) is 3.81. The number of carbonyl (C=O) groups excluding carboxylic acids is 1. The summed E-state index contributed by atoms with van der Waals surface area (Å²) < 4.78 is 0. The molecule has 0 spiro atoms. The Kier molecular flexibility index (Phi) is 1.26. The van der Waals surface area contributed by atoms with Gasteiger partial charge in [0.1, 0.15) is 6.29 Å². The number of nitrogens with one attached hydrogen (secondary N) is 1. The van der Waals surface area contributed by atoms with Gasteiger partial charge in [0.2, 0.25) is 0 Å². The molecule has 0 aromatic rings. The summed E-state index contributed by atoms with van der Waals surface area (Å²) in [4.78, 5) is 10.5. The van der Waals surface area contributed by atoms with Crippen LogP contribution in [-0.4, -0.2) is 12.8 Å². The Bertz CT molecular complexity index is 186. The average molecular weight is 137 g/mol. The summed E-state index contributed by atoms with van der Waals surface area (Å²) in [5.41, 5.74) is 1.32. The fourth-order valence-corrected chi connectivity index (χ4v) is 1.89. The number of fused-ring (bicyclic) bond motifs is 1. The maximum atomic E-state index is 10.5. The predicted octanol–water partition coefficient (Wildman–Crippen LogP) is 0.699. The fourth-order valence-electron chi connectivity index (χ4n) is 1.89. The van der Waals surface area contributed by atoms with E-state index in [0.717, 1.165) is 19.3 Å². The minimum absolute atomic E-state index is 0.258. The van der Waals surface area contributed by atoms with E-state index in [1.807, 2.05) is 0 Å². The Hall–Kier alpha value is -0.790. The SMILES string of the molecule is O=CC1CNC2=CCC[C@@H]21. The Morgan fingerprint density at radius 2 is 2.60 bits per heavy atom. The number of hydrogen-bond acceptors (Lipinski definition) is 2. The summed E-state index contributed by atoms with van der Waals surface area (Å²) in [5, 5.41) is 3.25. The zero-order valence-electron chi connectivity index (χ0n) is 5.84. The van der Waals surface area contributed by atoms with Crippen LogP contribution in [0.4, 0.5) is 0 Å². The van der Waals surface area contributed by atoms with Crippen LogP contribution in [-0.2, 0) is 4.79 Å². The highest BCUT2D eigenvalue weighted by atomic mass is 16.1. The smallest absolute Gasteiger partial charge is 0.125 e. The zero-order valence-corrected chi connectivity index (χ0v) is 5.84. The van der Waals surface area contributed by atoms with Gasteiger partial charge in [0, 0.05) is 24.1 Å². The molecule has 2 nitrogen and oxygen atoms in total. The first-order chi connectivity index (χ1) is 4.92. The first kappa shape index (κ1) is 5.96. The highest BCUT2D eigenvalue weighted by molar-refractivity contribution is 5.57. The molecule has 1 heterocycles. The lowest BCUT2D eigenvalue weighted by atomic mass is 9.95. The van der Waals surface area contributed by atoms with E-state index in [4.69, 9.17) is 0 Å². The third-order valence-corrected chi connectivity index (χ3v) is 2.47. The van der Waals surface area contributed by atoms with Gasteiger partial charge in [0.05, 0.1) is 0 Å². The van der Waals surface area contributed by atoms with Gasteiger partial charge in [-0.25, -0.2) is 0 Å². The largest absolute Gasteiger partial charge is 0.388 e. The molecule has 1 aliphatic carbocycles. The summed E-state index contributed by atoms with van der Waals surface area (Å²) in [5.74, 6) is 0.797. The molecule has 1 unspecified atom stereocenters. The van der Waals surface area contributed by atoms with Gasteiger partial charge in [-0.2, -0.15) is 0 Å². The van der Waals surface area contributed by atoms with Crippen LogP contribution < -0.4 is 5.32 Å². The molecule has 1 saturated heterocycles. The Balaban J connectivity index is 2.18. The molecule has 2 rings (SSSR count). The Morgan fingerprint density at radius 1 is 1.70 bits per heavy atom. The summed E-state index contributed by atoms with van der Waals surface area (Å²) in [6.07, 6.45) is 5.63. The summed E-state index contributed by atoms with van der Waals surface area (Å²) in [6, 6.07) is 0. The van der Waals surface area contributed by atoms with Crippen molar-refractivity contribution in [3.05, 3.63) is 11.8 Å². The normalized spacial score (nSPS) is 36.6. The van der Waals surface area contributed by atoms with Crippen molar-refractivity contribution < 1.29 is 4.79 Å². The monoisotopic (exact) mass is 137 g/mol. The fraction of sp³-hybridized carbons (Fsp3) is 0.625. The van der Waals surface area contributed by atoms with Crippen molar-refractivity contribution in [2.45, 2.75) is 12.8 Å². The lowest BCUT2D eigenvalue weighted by molar-refractivity contribution is -0.111. The molecule has 0 bridgehead atoms. The van der Waals surface area contributed by atoms with Crippen molar-refractivity contribution in [3.63, 3.8) is 0 Å².